The van der Waals surface area contributed by atoms with Crippen LogP contribution >= 0.6 is 0 Å². The second-order valence-electron chi connectivity index (χ2n) is 3.92. The Kier molecular flexibility index (Phi) is 2.25. The molecule has 80 valence electrons. The predicted molar refractivity (Wildman–Crippen MR) is 54.3 cm³/mol. The van der Waals surface area contributed by atoms with Crippen LogP contribution in [0.1, 0.15) is 11.5 Å². The lowest BCUT2D eigenvalue weighted by Crippen LogP contribution is -2.37. The van der Waals surface area contributed by atoms with E-state index in [-0.39, 0.29) is 18.4 Å². The Hall–Kier alpha value is -1.39. The van der Waals surface area contributed by atoms with Gasteiger partial charge in [0, 0.05) is 18.4 Å². The Morgan fingerprint density at radius 3 is 2.40 bits per heavy atom. The summed E-state index contributed by atoms with van der Waals surface area (Å²) in [6.45, 7) is -0.192. The summed E-state index contributed by atoms with van der Waals surface area (Å²) in [6.07, 6.45) is 0. The molecule has 0 spiro atoms. The minimum absolute atomic E-state index is 0.192. The first kappa shape index (κ1) is 10.1. The van der Waals surface area contributed by atoms with E-state index in [0.29, 0.717) is 0 Å². The molecule has 1 saturated carbocycles. The van der Waals surface area contributed by atoms with Crippen molar-refractivity contribution in [2.75, 3.05) is 6.61 Å². The van der Waals surface area contributed by atoms with Gasteiger partial charge in [0.2, 0.25) is 0 Å². The van der Waals surface area contributed by atoms with Gasteiger partial charge in [0.05, 0.1) is 0 Å². The maximum Gasteiger partial charge on any atom is 0.324 e. The summed E-state index contributed by atoms with van der Waals surface area (Å²) >= 11 is 0. The van der Waals surface area contributed by atoms with E-state index in [1.54, 1.807) is 0 Å². The summed E-state index contributed by atoms with van der Waals surface area (Å²) < 4.78 is 0. The third-order valence-corrected chi connectivity index (χ3v) is 3.15. The van der Waals surface area contributed by atoms with E-state index in [4.69, 9.17) is 15.9 Å². The monoisotopic (exact) mass is 207 g/mol. The Morgan fingerprint density at radius 1 is 1.40 bits per heavy atom. The molecule has 1 aromatic carbocycles. The molecule has 0 aliphatic heterocycles. The standard InChI is InChI=1S/C11H13NO3/c12-11(10(14)15)8(6-13)9(11)7-4-2-1-3-5-7/h1-5,8-9,13H,6,12H2,(H,14,15)/t8-,9?,11+/m0/s1. The van der Waals surface area contributed by atoms with Crippen molar-refractivity contribution in [2.24, 2.45) is 11.7 Å². The number of rotatable bonds is 3. The number of aliphatic carboxylic acids is 1. The van der Waals surface area contributed by atoms with Gasteiger partial charge in [-0.1, -0.05) is 30.3 Å². The molecular weight excluding hydrogens is 194 g/mol. The highest BCUT2D eigenvalue weighted by molar-refractivity contribution is 5.86. The lowest BCUT2D eigenvalue weighted by Gasteiger charge is -2.04. The van der Waals surface area contributed by atoms with Crippen LogP contribution in [0.4, 0.5) is 0 Å². The van der Waals surface area contributed by atoms with E-state index in [1.165, 1.54) is 0 Å². The smallest absolute Gasteiger partial charge is 0.324 e. The van der Waals surface area contributed by atoms with Crippen LogP contribution in [0, 0.1) is 5.92 Å². The highest BCUT2D eigenvalue weighted by Gasteiger charge is 2.67. The van der Waals surface area contributed by atoms with Gasteiger partial charge in [-0.15, -0.1) is 0 Å². The predicted octanol–water partition coefficient (Wildman–Crippen LogP) is 0.174. The van der Waals surface area contributed by atoms with Gasteiger partial charge in [-0.25, -0.2) is 0 Å². The Morgan fingerprint density at radius 2 is 2.00 bits per heavy atom. The Labute approximate surface area is 87.3 Å². The van der Waals surface area contributed by atoms with Crippen LogP contribution in [0.3, 0.4) is 0 Å². The van der Waals surface area contributed by atoms with Crippen LogP contribution in [-0.4, -0.2) is 28.3 Å². The fourth-order valence-corrected chi connectivity index (χ4v) is 2.20. The van der Waals surface area contributed by atoms with E-state index in [9.17, 15) is 4.79 Å². The zero-order valence-corrected chi connectivity index (χ0v) is 8.13. The molecule has 0 heterocycles. The van der Waals surface area contributed by atoms with Gasteiger partial charge in [0.25, 0.3) is 0 Å². The minimum Gasteiger partial charge on any atom is -0.480 e. The molecule has 15 heavy (non-hydrogen) atoms. The Bertz CT molecular complexity index is 379. The summed E-state index contributed by atoms with van der Waals surface area (Å²) in [7, 11) is 0. The summed E-state index contributed by atoms with van der Waals surface area (Å²) in [4.78, 5) is 11.0. The van der Waals surface area contributed by atoms with Crippen LogP contribution in [0.5, 0.6) is 0 Å². The normalized spacial score (nSPS) is 33.7. The van der Waals surface area contributed by atoms with Crippen molar-refractivity contribution in [2.45, 2.75) is 11.5 Å². The summed E-state index contributed by atoms with van der Waals surface area (Å²) in [5.41, 5.74) is 5.34. The molecule has 4 heteroatoms. The van der Waals surface area contributed by atoms with Crippen LogP contribution in [0.25, 0.3) is 0 Å². The molecule has 0 radical (unpaired) electrons. The van der Waals surface area contributed by atoms with Gasteiger partial charge in [-0.3, -0.25) is 4.79 Å². The molecule has 1 aliphatic carbocycles. The number of carboxylic acid groups (broad SMARTS) is 1. The highest BCUT2D eigenvalue weighted by atomic mass is 16.4. The lowest BCUT2D eigenvalue weighted by molar-refractivity contribution is -0.140. The van der Waals surface area contributed by atoms with E-state index in [1.807, 2.05) is 30.3 Å². The number of aliphatic hydroxyl groups is 1. The second kappa shape index (κ2) is 3.32. The average Bonchev–Trinajstić information content (AvgIpc) is 2.87. The number of carbonyl (C=O) groups is 1. The Balaban J connectivity index is 2.30. The molecule has 0 aromatic heterocycles. The first-order chi connectivity index (χ1) is 7.12. The van der Waals surface area contributed by atoms with E-state index in [2.05, 4.69) is 0 Å². The van der Waals surface area contributed by atoms with E-state index in [0.717, 1.165) is 5.56 Å². The largest absolute Gasteiger partial charge is 0.480 e. The van der Waals surface area contributed by atoms with E-state index >= 15 is 0 Å². The van der Waals surface area contributed by atoms with Gasteiger partial charge in [-0.05, 0) is 5.56 Å². The van der Waals surface area contributed by atoms with Crippen LogP contribution in [0.2, 0.25) is 0 Å². The van der Waals surface area contributed by atoms with Crippen molar-refractivity contribution in [3.05, 3.63) is 35.9 Å². The number of benzene rings is 1. The molecule has 2 rings (SSSR count). The van der Waals surface area contributed by atoms with Gasteiger partial charge in [0.15, 0.2) is 0 Å². The van der Waals surface area contributed by atoms with E-state index < -0.39 is 11.5 Å². The van der Waals surface area contributed by atoms with Gasteiger partial charge < -0.3 is 15.9 Å². The quantitative estimate of drug-likeness (QED) is 0.660. The minimum atomic E-state index is -1.30. The highest BCUT2D eigenvalue weighted by Crippen LogP contribution is 2.55. The van der Waals surface area contributed by atoms with Gasteiger partial charge >= 0.3 is 5.97 Å². The molecule has 4 nitrogen and oxygen atoms in total. The number of hydrogen-bond donors (Lipinski definition) is 3. The van der Waals surface area contributed by atoms with Gasteiger partial charge in [0.1, 0.15) is 5.54 Å². The second-order valence-corrected chi connectivity index (χ2v) is 3.92. The van der Waals surface area contributed by atoms with Crippen molar-refractivity contribution >= 4 is 5.97 Å². The van der Waals surface area contributed by atoms with Crippen molar-refractivity contribution < 1.29 is 15.0 Å². The number of aliphatic hydroxyl groups excluding tert-OH is 1. The maximum absolute atomic E-state index is 11.0. The van der Waals surface area contributed by atoms with Crippen LogP contribution in [-0.2, 0) is 4.79 Å². The fourth-order valence-electron chi connectivity index (χ4n) is 2.20. The first-order valence-electron chi connectivity index (χ1n) is 4.80. The van der Waals surface area contributed by atoms with Crippen molar-refractivity contribution in [1.29, 1.82) is 0 Å². The van der Waals surface area contributed by atoms with Crippen molar-refractivity contribution in [3.8, 4) is 0 Å². The first-order valence-corrected chi connectivity index (χ1v) is 4.80. The molecular formula is C11H13NO3. The molecule has 1 unspecified atom stereocenters. The molecule has 4 N–H and O–H groups in total. The van der Waals surface area contributed by atoms with Crippen LogP contribution in [0.15, 0.2) is 30.3 Å². The topological polar surface area (TPSA) is 83.6 Å². The average molecular weight is 207 g/mol. The molecule has 3 atom stereocenters. The summed E-state index contributed by atoms with van der Waals surface area (Å²) in [5, 5.41) is 18.1. The van der Waals surface area contributed by atoms with Crippen LogP contribution < -0.4 is 5.73 Å². The van der Waals surface area contributed by atoms with Crippen molar-refractivity contribution in [1.82, 2.24) is 0 Å². The molecule has 0 bridgehead atoms. The summed E-state index contributed by atoms with van der Waals surface area (Å²) in [6, 6.07) is 9.21. The molecule has 1 aliphatic rings. The zero-order valence-electron chi connectivity index (χ0n) is 8.13. The molecule has 0 amide bonds. The van der Waals surface area contributed by atoms with Crippen molar-refractivity contribution in [3.63, 3.8) is 0 Å². The number of nitrogens with two attached hydrogens (primary N) is 1. The number of carboxylic acids is 1. The fraction of sp³-hybridized carbons (Fsp3) is 0.364. The third kappa shape index (κ3) is 1.33. The van der Waals surface area contributed by atoms with Gasteiger partial charge in [-0.2, -0.15) is 0 Å². The number of hydrogen-bond acceptors (Lipinski definition) is 3. The maximum atomic E-state index is 11.0. The zero-order chi connectivity index (χ0) is 11.1. The SMILES string of the molecule is N[C@@]1(C(=O)O)C(c2ccccc2)[C@@H]1CO. The molecule has 1 aromatic rings. The lowest BCUT2D eigenvalue weighted by atomic mass is 10.1. The third-order valence-electron chi connectivity index (χ3n) is 3.15. The molecule has 0 saturated heterocycles. The molecule has 1 fully saturated rings. The summed E-state index contributed by atoms with van der Waals surface area (Å²) in [5.74, 6) is -1.70.